The summed E-state index contributed by atoms with van der Waals surface area (Å²) in [6, 6.07) is 23.3. The van der Waals surface area contributed by atoms with Crippen LogP contribution in [0.25, 0.3) is 0 Å². The Kier molecular flexibility index (Phi) is 6.07. The fraction of sp³-hybridized carbons (Fsp3) is 0.130. The van der Waals surface area contributed by atoms with Crippen LogP contribution in [0.2, 0.25) is 0 Å². The topological polar surface area (TPSA) is 67.4 Å². The van der Waals surface area contributed by atoms with Gasteiger partial charge in [0.1, 0.15) is 11.8 Å². The molecule has 3 aromatic carbocycles. The Bertz CT molecular complexity index is 953. The molecule has 0 saturated carbocycles. The second-order valence-corrected chi connectivity index (χ2v) is 6.40. The van der Waals surface area contributed by atoms with Crippen molar-refractivity contribution in [3.8, 4) is 11.5 Å². The first-order valence-electron chi connectivity index (χ1n) is 9.03. The average Bonchev–Trinajstić information content (AvgIpc) is 2.70. The second kappa shape index (κ2) is 8.86. The molecule has 0 saturated heterocycles. The van der Waals surface area contributed by atoms with Crippen molar-refractivity contribution < 1.29 is 14.3 Å². The van der Waals surface area contributed by atoms with Crippen LogP contribution in [-0.2, 0) is 4.79 Å². The Labute approximate surface area is 164 Å². The molecule has 0 aliphatic heterocycles. The van der Waals surface area contributed by atoms with Gasteiger partial charge in [-0.15, -0.1) is 0 Å². The van der Waals surface area contributed by atoms with Gasteiger partial charge < -0.3 is 15.4 Å². The van der Waals surface area contributed by atoms with Gasteiger partial charge >= 0.3 is 0 Å². The zero-order valence-electron chi connectivity index (χ0n) is 15.8. The van der Waals surface area contributed by atoms with E-state index in [1.54, 1.807) is 31.2 Å². The Morgan fingerprint density at radius 3 is 2.18 bits per heavy atom. The monoisotopic (exact) mass is 374 g/mol. The number of hydrogen-bond acceptors (Lipinski definition) is 4. The van der Waals surface area contributed by atoms with E-state index >= 15 is 0 Å². The standard InChI is InChI=1S/C23H22N2O3/c1-16(23(27)25-19-14-12-18(13-15-19)17(2)26)24-21-10-6-7-11-22(21)28-20-8-4-3-5-9-20/h3-16,24H,1-2H3,(H,25,27)/t16-/m0/s1. The van der Waals surface area contributed by atoms with E-state index in [1.807, 2.05) is 54.6 Å². The van der Waals surface area contributed by atoms with Crippen molar-refractivity contribution in [1.29, 1.82) is 0 Å². The average molecular weight is 374 g/mol. The van der Waals surface area contributed by atoms with Crippen LogP contribution in [-0.4, -0.2) is 17.7 Å². The van der Waals surface area contributed by atoms with Crippen LogP contribution in [0.3, 0.4) is 0 Å². The van der Waals surface area contributed by atoms with Gasteiger partial charge in [-0.3, -0.25) is 9.59 Å². The van der Waals surface area contributed by atoms with E-state index in [0.29, 0.717) is 17.0 Å². The summed E-state index contributed by atoms with van der Waals surface area (Å²) in [5.41, 5.74) is 1.97. The molecule has 0 spiro atoms. The molecule has 28 heavy (non-hydrogen) atoms. The van der Waals surface area contributed by atoms with Gasteiger partial charge in [0, 0.05) is 11.3 Å². The van der Waals surface area contributed by atoms with Gasteiger partial charge in [0.15, 0.2) is 11.5 Å². The number of hydrogen-bond donors (Lipinski definition) is 2. The number of carbonyl (C=O) groups is 2. The second-order valence-electron chi connectivity index (χ2n) is 6.40. The van der Waals surface area contributed by atoms with Crippen LogP contribution in [0.1, 0.15) is 24.2 Å². The zero-order valence-corrected chi connectivity index (χ0v) is 15.8. The number of rotatable bonds is 7. The maximum absolute atomic E-state index is 12.5. The summed E-state index contributed by atoms with van der Waals surface area (Å²) < 4.78 is 5.92. The fourth-order valence-corrected chi connectivity index (χ4v) is 2.63. The molecule has 0 bridgehead atoms. The Balaban J connectivity index is 1.66. The largest absolute Gasteiger partial charge is 0.455 e. The minimum Gasteiger partial charge on any atom is -0.455 e. The first-order chi connectivity index (χ1) is 13.5. The van der Waals surface area contributed by atoms with Crippen molar-refractivity contribution >= 4 is 23.1 Å². The molecular formula is C23H22N2O3. The van der Waals surface area contributed by atoms with E-state index in [4.69, 9.17) is 4.74 Å². The fourth-order valence-electron chi connectivity index (χ4n) is 2.63. The maximum Gasteiger partial charge on any atom is 0.246 e. The summed E-state index contributed by atoms with van der Waals surface area (Å²) in [7, 11) is 0. The smallest absolute Gasteiger partial charge is 0.246 e. The molecule has 142 valence electrons. The summed E-state index contributed by atoms with van der Waals surface area (Å²) in [5, 5.41) is 6.03. The molecule has 0 fully saturated rings. The predicted octanol–water partition coefficient (Wildman–Crippen LogP) is 5.12. The lowest BCUT2D eigenvalue weighted by atomic mass is 10.1. The number of Topliss-reactive ketones (excluding diaryl/α,β-unsaturated/α-hetero) is 1. The maximum atomic E-state index is 12.5. The lowest BCUT2D eigenvalue weighted by Gasteiger charge is -2.18. The number of carbonyl (C=O) groups excluding carboxylic acids is 2. The molecule has 1 amide bonds. The third kappa shape index (κ3) is 4.98. The normalized spacial score (nSPS) is 11.4. The molecule has 0 aliphatic rings. The van der Waals surface area contributed by atoms with E-state index < -0.39 is 6.04 Å². The highest BCUT2D eigenvalue weighted by molar-refractivity contribution is 5.98. The first kappa shape index (κ1) is 19.2. The van der Waals surface area contributed by atoms with Gasteiger partial charge in [-0.1, -0.05) is 30.3 Å². The minimum atomic E-state index is -0.493. The summed E-state index contributed by atoms with van der Waals surface area (Å²) in [6.07, 6.45) is 0. The lowest BCUT2D eigenvalue weighted by Crippen LogP contribution is -2.32. The molecule has 0 heterocycles. The third-order valence-corrected chi connectivity index (χ3v) is 4.18. The molecule has 3 rings (SSSR count). The molecule has 0 aromatic heterocycles. The van der Waals surface area contributed by atoms with Crippen LogP contribution in [0, 0.1) is 0 Å². The summed E-state index contributed by atoms with van der Waals surface area (Å²) in [6.45, 7) is 3.28. The van der Waals surface area contributed by atoms with Gasteiger partial charge in [-0.2, -0.15) is 0 Å². The summed E-state index contributed by atoms with van der Waals surface area (Å²) in [5.74, 6) is 1.16. The zero-order chi connectivity index (χ0) is 19.9. The van der Waals surface area contributed by atoms with Gasteiger partial charge in [0.2, 0.25) is 5.91 Å². The van der Waals surface area contributed by atoms with Crippen molar-refractivity contribution in [1.82, 2.24) is 0 Å². The number of anilines is 2. The highest BCUT2D eigenvalue weighted by Crippen LogP contribution is 2.29. The number of para-hydroxylation sites is 3. The SMILES string of the molecule is CC(=O)c1ccc(NC(=O)[C@H](C)Nc2ccccc2Oc2ccccc2)cc1. The highest BCUT2D eigenvalue weighted by Gasteiger charge is 2.15. The van der Waals surface area contributed by atoms with Crippen molar-refractivity contribution in [2.45, 2.75) is 19.9 Å². The van der Waals surface area contributed by atoms with Crippen molar-refractivity contribution in [3.05, 3.63) is 84.4 Å². The Morgan fingerprint density at radius 2 is 1.50 bits per heavy atom. The predicted molar refractivity (Wildman–Crippen MR) is 111 cm³/mol. The third-order valence-electron chi connectivity index (χ3n) is 4.18. The number of amides is 1. The van der Waals surface area contributed by atoms with Crippen LogP contribution >= 0.6 is 0 Å². The van der Waals surface area contributed by atoms with Crippen LogP contribution < -0.4 is 15.4 Å². The van der Waals surface area contributed by atoms with Crippen molar-refractivity contribution in [2.75, 3.05) is 10.6 Å². The van der Waals surface area contributed by atoms with Crippen LogP contribution in [0.5, 0.6) is 11.5 Å². The molecule has 0 aliphatic carbocycles. The number of nitrogens with one attached hydrogen (secondary N) is 2. The molecular weight excluding hydrogens is 352 g/mol. The van der Waals surface area contributed by atoms with Gasteiger partial charge in [-0.05, 0) is 62.4 Å². The molecule has 1 atom stereocenters. The molecule has 0 unspecified atom stereocenters. The van der Waals surface area contributed by atoms with Gasteiger partial charge in [0.25, 0.3) is 0 Å². The molecule has 2 N–H and O–H groups in total. The molecule has 5 heteroatoms. The van der Waals surface area contributed by atoms with Crippen molar-refractivity contribution in [3.63, 3.8) is 0 Å². The van der Waals surface area contributed by atoms with E-state index in [0.717, 1.165) is 11.4 Å². The highest BCUT2D eigenvalue weighted by atomic mass is 16.5. The van der Waals surface area contributed by atoms with Gasteiger partial charge in [-0.25, -0.2) is 0 Å². The number of benzene rings is 3. The molecule has 3 aromatic rings. The quantitative estimate of drug-likeness (QED) is 0.563. The molecule has 5 nitrogen and oxygen atoms in total. The van der Waals surface area contributed by atoms with Gasteiger partial charge in [0.05, 0.1) is 5.69 Å². The number of ether oxygens (including phenoxy) is 1. The van der Waals surface area contributed by atoms with Crippen LogP contribution in [0.4, 0.5) is 11.4 Å². The van der Waals surface area contributed by atoms with Crippen molar-refractivity contribution in [2.24, 2.45) is 0 Å². The van der Waals surface area contributed by atoms with E-state index in [1.165, 1.54) is 6.92 Å². The first-order valence-corrected chi connectivity index (χ1v) is 9.03. The lowest BCUT2D eigenvalue weighted by molar-refractivity contribution is -0.116. The van der Waals surface area contributed by atoms with E-state index in [9.17, 15) is 9.59 Å². The van der Waals surface area contributed by atoms with E-state index in [-0.39, 0.29) is 11.7 Å². The summed E-state index contributed by atoms with van der Waals surface area (Å²) in [4.78, 5) is 23.9. The summed E-state index contributed by atoms with van der Waals surface area (Å²) >= 11 is 0. The van der Waals surface area contributed by atoms with Crippen LogP contribution in [0.15, 0.2) is 78.9 Å². The molecule has 0 radical (unpaired) electrons. The number of ketones is 1. The minimum absolute atomic E-state index is 0.0112. The Morgan fingerprint density at radius 1 is 0.857 bits per heavy atom. The van der Waals surface area contributed by atoms with E-state index in [2.05, 4.69) is 10.6 Å². The Hall–Kier alpha value is -3.60.